The normalized spacial score (nSPS) is 23.8. The molecule has 2 aromatic carbocycles. The molecule has 1 aliphatic carbocycles. The lowest BCUT2D eigenvalue weighted by molar-refractivity contribution is -0.132. The number of nitrogens with zero attached hydrogens (tertiary/aromatic N) is 2. The Labute approximate surface area is 210 Å². The molecular weight excluding hydrogens is 461 g/mol. The lowest BCUT2D eigenvalue weighted by atomic mass is 9.71. The average molecular weight is 494 g/mol. The molecule has 1 N–H and O–H groups in total. The van der Waals surface area contributed by atoms with E-state index in [1.165, 1.54) is 18.2 Å². The molecule has 3 fully saturated rings. The zero-order chi connectivity index (χ0) is 25.1. The van der Waals surface area contributed by atoms with Crippen molar-refractivity contribution in [3.63, 3.8) is 0 Å². The minimum atomic E-state index is -0.513. The van der Waals surface area contributed by atoms with Crippen LogP contribution in [0.5, 0.6) is 5.75 Å². The summed E-state index contributed by atoms with van der Waals surface area (Å²) in [6, 6.07) is 12.9. The number of likely N-dealkylation sites (tertiary alicyclic amines) is 1. The predicted octanol–water partition coefficient (Wildman–Crippen LogP) is 3.92. The van der Waals surface area contributed by atoms with Gasteiger partial charge in [0.15, 0.2) is 6.61 Å². The van der Waals surface area contributed by atoms with Crippen molar-refractivity contribution < 1.29 is 23.5 Å². The molecular formula is C28H32FN3O4. The standard InChI is InChI=1S/C28H32FN3O4/c29-21-7-3-6-20(16-21)26(34)30-22-8-5-11-28(18-22)12-15-32(27(28)35)23-9-4-10-24(17-23)36-19-25(33)31-13-1-2-14-31/h3-4,6-7,9-10,16-17,22H,1-2,5,8,11-15,18-19H2,(H,30,34). The second-order valence-electron chi connectivity index (χ2n) is 10.1. The molecule has 3 aliphatic rings. The van der Waals surface area contributed by atoms with Crippen molar-refractivity contribution in [1.29, 1.82) is 0 Å². The van der Waals surface area contributed by atoms with E-state index in [2.05, 4.69) is 5.32 Å². The third kappa shape index (κ3) is 5.08. The Hall–Kier alpha value is -3.42. The maximum Gasteiger partial charge on any atom is 0.260 e. The van der Waals surface area contributed by atoms with Crippen molar-refractivity contribution in [3.8, 4) is 5.75 Å². The Morgan fingerprint density at radius 2 is 1.83 bits per heavy atom. The van der Waals surface area contributed by atoms with Gasteiger partial charge in [0.1, 0.15) is 11.6 Å². The second kappa shape index (κ2) is 10.3. The topological polar surface area (TPSA) is 79.0 Å². The first-order chi connectivity index (χ1) is 17.4. The first-order valence-electron chi connectivity index (χ1n) is 12.8. The third-order valence-corrected chi connectivity index (χ3v) is 7.73. The monoisotopic (exact) mass is 493 g/mol. The molecule has 36 heavy (non-hydrogen) atoms. The molecule has 0 aromatic heterocycles. The number of ether oxygens (including phenoxy) is 1. The van der Waals surface area contributed by atoms with Gasteiger partial charge < -0.3 is 19.9 Å². The van der Waals surface area contributed by atoms with Crippen LogP contribution >= 0.6 is 0 Å². The SMILES string of the molecule is O=C(NC1CCCC2(CCN(c3cccc(OCC(=O)N4CCCC4)c3)C2=O)C1)c1cccc(F)c1. The summed E-state index contributed by atoms with van der Waals surface area (Å²) in [6.07, 6.45) is 5.79. The van der Waals surface area contributed by atoms with E-state index >= 15 is 0 Å². The molecule has 5 rings (SSSR count). The summed E-state index contributed by atoms with van der Waals surface area (Å²) in [6.45, 7) is 2.17. The van der Waals surface area contributed by atoms with Gasteiger partial charge in [-0.1, -0.05) is 18.6 Å². The first-order valence-corrected chi connectivity index (χ1v) is 12.8. The number of hydrogen-bond acceptors (Lipinski definition) is 4. The minimum absolute atomic E-state index is 0.00592. The van der Waals surface area contributed by atoms with Crippen LogP contribution in [0.1, 0.15) is 55.3 Å². The van der Waals surface area contributed by atoms with E-state index in [0.717, 1.165) is 57.3 Å². The Morgan fingerprint density at radius 3 is 2.64 bits per heavy atom. The Kier molecular flexibility index (Phi) is 6.94. The molecule has 8 heteroatoms. The fourth-order valence-electron chi connectivity index (χ4n) is 5.82. The molecule has 7 nitrogen and oxygen atoms in total. The Bertz CT molecular complexity index is 1150. The number of hydrogen-bond donors (Lipinski definition) is 1. The zero-order valence-electron chi connectivity index (χ0n) is 20.4. The van der Waals surface area contributed by atoms with Gasteiger partial charge in [-0.25, -0.2) is 4.39 Å². The largest absolute Gasteiger partial charge is 0.484 e. The summed E-state index contributed by atoms with van der Waals surface area (Å²) in [4.78, 5) is 42.2. The number of nitrogens with one attached hydrogen (secondary N) is 1. The van der Waals surface area contributed by atoms with Crippen molar-refractivity contribution in [3.05, 3.63) is 59.9 Å². The Balaban J connectivity index is 1.22. The fraction of sp³-hybridized carbons (Fsp3) is 0.464. The summed E-state index contributed by atoms with van der Waals surface area (Å²) in [5.41, 5.74) is 0.531. The molecule has 3 amide bonds. The Morgan fingerprint density at radius 1 is 1.03 bits per heavy atom. The molecule has 1 saturated carbocycles. The summed E-state index contributed by atoms with van der Waals surface area (Å²) in [5, 5.41) is 3.02. The van der Waals surface area contributed by atoms with Crippen LogP contribution in [0.15, 0.2) is 48.5 Å². The number of amides is 3. The molecule has 2 aromatic rings. The highest BCUT2D eigenvalue weighted by molar-refractivity contribution is 6.00. The molecule has 0 radical (unpaired) electrons. The molecule has 2 heterocycles. The minimum Gasteiger partial charge on any atom is -0.484 e. The summed E-state index contributed by atoms with van der Waals surface area (Å²) in [5.74, 6) is -0.138. The van der Waals surface area contributed by atoms with Gasteiger partial charge in [0.2, 0.25) is 5.91 Å². The van der Waals surface area contributed by atoms with Gasteiger partial charge >= 0.3 is 0 Å². The fourth-order valence-corrected chi connectivity index (χ4v) is 5.82. The van der Waals surface area contributed by atoms with Crippen LogP contribution in [-0.2, 0) is 9.59 Å². The lowest BCUT2D eigenvalue weighted by Gasteiger charge is -2.37. The van der Waals surface area contributed by atoms with Gasteiger partial charge in [-0.15, -0.1) is 0 Å². The van der Waals surface area contributed by atoms with Crippen LogP contribution in [0, 0.1) is 11.2 Å². The van der Waals surface area contributed by atoms with E-state index < -0.39 is 11.2 Å². The van der Waals surface area contributed by atoms with E-state index in [9.17, 15) is 18.8 Å². The van der Waals surface area contributed by atoms with Gasteiger partial charge in [0, 0.05) is 43.0 Å². The van der Waals surface area contributed by atoms with Crippen molar-refractivity contribution in [2.24, 2.45) is 5.41 Å². The van der Waals surface area contributed by atoms with Crippen LogP contribution in [0.25, 0.3) is 0 Å². The highest BCUT2D eigenvalue weighted by Crippen LogP contribution is 2.46. The molecule has 2 unspecified atom stereocenters. The van der Waals surface area contributed by atoms with Gasteiger partial charge in [-0.2, -0.15) is 0 Å². The van der Waals surface area contributed by atoms with Crippen LogP contribution in [0.2, 0.25) is 0 Å². The summed E-state index contributed by atoms with van der Waals surface area (Å²) < 4.78 is 19.3. The average Bonchev–Trinajstić information content (AvgIpc) is 3.52. The number of halogens is 1. The molecule has 1 spiro atoms. The maximum absolute atomic E-state index is 13.6. The highest BCUT2D eigenvalue weighted by atomic mass is 19.1. The van der Waals surface area contributed by atoms with Crippen molar-refractivity contribution in [1.82, 2.24) is 10.2 Å². The maximum atomic E-state index is 13.6. The van der Waals surface area contributed by atoms with E-state index in [1.807, 2.05) is 23.1 Å². The number of anilines is 1. The second-order valence-corrected chi connectivity index (χ2v) is 10.1. The molecule has 190 valence electrons. The van der Waals surface area contributed by atoms with Crippen LogP contribution < -0.4 is 15.0 Å². The van der Waals surface area contributed by atoms with E-state index in [-0.39, 0.29) is 35.9 Å². The molecule has 0 bridgehead atoms. The van der Waals surface area contributed by atoms with Gasteiger partial charge in [-0.3, -0.25) is 14.4 Å². The van der Waals surface area contributed by atoms with Crippen molar-refractivity contribution >= 4 is 23.4 Å². The first kappa shape index (κ1) is 24.3. The van der Waals surface area contributed by atoms with Gasteiger partial charge in [0.25, 0.3) is 11.8 Å². The van der Waals surface area contributed by atoms with Gasteiger partial charge in [0.05, 0.1) is 5.41 Å². The summed E-state index contributed by atoms with van der Waals surface area (Å²) in [7, 11) is 0. The molecule has 2 atom stereocenters. The number of benzene rings is 2. The number of carbonyl (C=O) groups excluding carboxylic acids is 3. The van der Waals surface area contributed by atoms with E-state index in [0.29, 0.717) is 18.7 Å². The van der Waals surface area contributed by atoms with E-state index in [1.54, 1.807) is 17.0 Å². The number of rotatable bonds is 6. The van der Waals surface area contributed by atoms with Crippen LogP contribution in [0.4, 0.5) is 10.1 Å². The third-order valence-electron chi connectivity index (χ3n) is 7.73. The van der Waals surface area contributed by atoms with Crippen LogP contribution in [0.3, 0.4) is 0 Å². The molecule has 2 aliphatic heterocycles. The van der Waals surface area contributed by atoms with Crippen LogP contribution in [-0.4, -0.2) is 54.9 Å². The smallest absolute Gasteiger partial charge is 0.260 e. The quantitative estimate of drug-likeness (QED) is 0.662. The lowest BCUT2D eigenvalue weighted by Crippen LogP contribution is -2.46. The predicted molar refractivity (Wildman–Crippen MR) is 133 cm³/mol. The van der Waals surface area contributed by atoms with Crippen molar-refractivity contribution in [2.75, 3.05) is 31.1 Å². The summed E-state index contributed by atoms with van der Waals surface area (Å²) >= 11 is 0. The molecule has 2 saturated heterocycles. The van der Waals surface area contributed by atoms with Crippen molar-refractivity contribution in [2.45, 2.75) is 51.0 Å². The van der Waals surface area contributed by atoms with E-state index in [4.69, 9.17) is 4.74 Å². The van der Waals surface area contributed by atoms with Gasteiger partial charge in [-0.05, 0) is 68.9 Å². The number of carbonyl (C=O) groups is 3. The highest BCUT2D eigenvalue weighted by Gasteiger charge is 2.49. The zero-order valence-corrected chi connectivity index (χ0v) is 20.4.